The summed E-state index contributed by atoms with van der Waals surface area (Å²) in [4.78, 5) is 14.9. The van der Waals surface area contributed by atoms with Crippen molar-refractivity contribution in [3.63, 3.8) is 0 Å². The maximum atomic E-state index is 12.7. The molecule has 3 heteroatoms. The smallest absolute Gasteiger partial charge is 0.226 e. The predicted octanol–water partition coefficient (Wildman–Crippen LogP) is 2.40. The van der Waals surface area contributed by atoms with Crippen molar-refractivity contribution in [2.75, 3.05) is 6.54 Å². The summed E-state index contributed by atoms with van der Waals surface area (Å²) in [6.07, 6.45) is 5.58. The van der Waals surface area contributed by atoms with E-state index < -0.39 is 0 Å². The zero-order valence-electron chi connectivity index (χ0n) is 12.1. The highest BCUT2D eigenvalue weighted by Crippen LogP contribution is 2.33. The van der Waals surface area contributed by atoms with Crippen LogP contribution in [0.5, 0.6) is 0 Å². The van der Waals surface area contributed by atoms with E-state index in [-0.39, 0.29) is 12.0 Å². The summed E-state index contributed by atoms with van der Waals surface area (Å²) >= 11 is 0. The van der Waals surface area contributed by atoms with E-state index in [9.17, 15) is 4.79 Å². The third kappa shape index (κ3) is 2.56. The van der Waals surface area contributed by atoms with Crippen molar-refractivity contribution < 1.29 is 4.79 Å². The largest absolute Gasteiger partial charge is 0.339 e. The summed E-state index contributed by atoms with van der Waals surface area (Å²) in [6.45, 7) is 7.57. The van der Waals surface area contributed by atoms with Crippen LogP contribution in [0, 0.1) is 17.8 Å². The summed E-state index contributed by atoms with van der Waals surface area (Å²) in [5.74, 6) is 1.48. The molecule has 1 aliphatic carbocycles. The monoisotopic (exact) mass is 252 g/mol. The van der Waals surface area contributed by atoms with Gasteiger partial charge in [0.05, 0.1) is 0 Å². The Labute approximate surface area is 111 Å². The van der Waals surface area contributed by atoms with Gasteiger partial charge in [-0.15, -0.1) is 0 Å². The third-order valence-corrected chi connectivity index (χ3v) is 5.03. The number of rotatable bonds is 2. The third-order valence-electron chi connectivity index (χ3n) is 5.03. The first-order chi connectivity index (χ1) is 8.52. The Morgan fingerprint density at radius 1 is 1.22 bits per heavy atom. The second-order valence-electron chi connectivity index (χ2n) is 6.55. The molecule has 1 saturated heterocycles. The molecule has 2 aliphatic rings. The maximum Gasteiger partial charge on any atom is 0.226 e. The van der Waals surface area contributed by atoms with E-state index >= 15 is 0 Å². The van der Waals surface area contributed by atoms with Crippen molar-refractivity contribution >= 4 is 5.91 Å². The lowest BCUT2D eigenvalue weighted by molar-refractivity contribution is -0.140. The van der Waals surface area contributed by atoms with Gasteiger partial charge in [-0.1, -0.05) is 27.2 Å². The van der Waals surface area contributed by atoms with Gasteiger partial charge in [-0.2, -0.15) is 0 Å². The predicted molar refractivity (Wildman–Crippen MR) is 74.1 cm³/mol. The van der Waals surface area contributed by atoms with Crippen molar-refractivity contribution in [2.24, 2.45) is 23.5 Å². The number of amides is 1. The molecule has 0 radical (unpaired) electrons. The van der Waals surface area contributed by atoms with Gasteiger partial charge >= 0.3 is 0 Å². The minimum Gasteiger partial charge on any atom is -0.339 e. The summed E-state index contributed by atoms with van der Waals surface area (Å²) in [5.41, 5.74) is 6.13. The van der Waals surface area contributed by atoms with Crippen LogP contribution in [0.25, 0.3) is 0 Å². The van der Waals surface area contributed by atoms with Gasteiger partial charge in [-0.05, 0) is 37.5 Å². The zero-order valence-corrected chi connectivity index (χ0v) is 12.1. The molecule has 4 atom stereocenters. The molecular weight excluding hydrogens is 224 g/mol. The highest BCUT2D eigenvalue weighted by Gasteiger charge is 2.39. The van der Waals surface area contributed by atoms with E-state index in [1.807, 2.05) is 0 Å². The van der Waals surface area contributed by atoms with Crippen molar-refractivity contribution in [2.45, 2.75) is 65.0 Å². The fourth-order valence-electron chi connectivity index (χ4n) is 3.72. The van der Waals surface area contributed by atoms with E-state index in [2.05, 4.69) is 25.7 Å². The van der Waals surface area contributed by atoms with Gasteiger partial charge in [-0.3, -0.25) is 4.79 Å². The van der Waals surface area contributed by atoms with Crippen molar-refractivity contribution in [1.29, 1.82) is 0 Å². The number of carbonyl (C=O) groups is 1. The Hall–Kier alpha value is -0.570. The van der Waals surface area contributed by atoms with Gasteiger partial charge in [0.1, 0.15) is 0 Å². The SMILES string of the molecule is CC(C)C1CCCN1C(=O)C1CCCC(N)C1C. The van der Waals surface area contributed by atoms with Crippen LogP contribution in [0.15, 0.2) is 0 Å². The van der Waals surface area contributed by atoms with Crippen LogP contribution in [0.3, 0.4) is 0 Å². The summed E-state index contributed by atoms with van der Waals surface area (Å²) < 4.78 is 0. The molecule has 2 fully saturated rings. The minimum absolute atomic E-state index is 0.174. The molecule has 0 bridgehead atoms. The normalized spacial score (nSPS) is 37.3. The van der Waals surface area contributed by atoms with Crippen molar-refractivity contribution in [3.8, 4) is 0 Å². The molecule has 1 aliphatic heterocycles. The fourth-order valence-corrected chi connectivity index (χ4v) is 3.72. The van der Waals surface area contributed by atoms with E-state index in [0.717, 1.165) is 25.8 Å². The molecular formula is C15H28N2O. The first kappa shape index (κ1) is 13.9. The molecule has 0 spiro atoms. The molecule has 0 aromatic heterocycles. The standard InChI is InChI=1S/C15H28N2O/c1-10(2)14-8-5-9-17(14)15(18)12-6-4-7-13(16)11(12)3/h10-14H,4-9,16H2,1-3H3. The van der Waals surface area contributed by atoms with E-state index in [1.54, 1.807) is 0 Å². The molecule has 1 saturated carbocycles. The summed E-state index contributed by atoms with van der Waals surface area (Å²) in [5, 5.41) is 0. The second-order valence-corrected chi connectivity index (χ2v) is 6.55. The first-order valence-corrected chi connectivity index (χ1v) is 7.58. The average Bonchev–Trinajstić information content (AvgIpc) is 2.81. The molecule has 1 heterocycles. The lowest BCUT2D eigenvalue weighted by Gasteiger charge is -2.37. The number of hydrogen-bond acceptors (Lipinski definition) is 2. The second kappa shape index (κ2) is 5.60. The van der Waals surface area contributed by atoms with Crippen LogP contribution in [-0.2, 0) is 4.79 Å². The Morgan fingerprint density at radius 3 is 2.61 bits per heavy atom. The topological polar surface area (TPSA) is 46.3 Å². The molecule has 2 rings (SSSR count). The Kier molecular flexibility index (Phi) is 4.31. The molecule has 3 nitrogen and oxygen atoms in total. The minimum atomic E-state index is 0.174. The van der Waals surface area contributed by atoms with E-state index in [1.165, 1.54) is 12.8 Å². The zero-order chi connectivity index (χ0) is 13.3. The lowest BCUT2D eigenvalue weighted by Crippen LogP contribution is -2.48. The molecule has 4 unspecified atom stereocenters. The van der Waals surface area contributed by atoms with E-state index in [0.29, 0.717) is 23.8 Å². The van der Waals surface area contributed by atoms with Gasteiger partial charge < -0.3 is 10.6 Å². The Balaban J connectivity index is 2.06. The molecule has 0 aromatic rings. The maximum absolute atomic E-state index is 12.7. The number of hydrogen-bond donors (Lipinski definition) is 1. The first-order valence-electron chi connectivity index (χ1n) is 7.58. The lowest BCUT2D eigenvalue weighted by atomic mass is 9.76. The van der Waals surface area contributed by atoms with Crippen LogP contribution in [-0.4, -0.2) is 29.4 Å². The molecule has 104 valence electrons. The number of carbonyl (C=O) groups excluding carboxylic acids is 1. The van der Waals surface area contributed by atoms with Gasteiger partial charge in [0.25, 0.3) is 0 Å². The van der Waals surface area contributed by atoms with Crippen LogP contribution < -0.4 is 5.73 Å². The molecule has 2 N–H and O–H groups in total. The molecule has 18 heavy (non-hydrogen) atoms. The van der Waals surface area contributed by atoms with Gasteiger partial charge in [0.15, 0.2) is 0 Å². The summed E-state index contributed by atoms with van der Waals surface area (Å²) in [6, 6.07) is 0.677. The fraction of sp³-hybridized carbons (Fsp3) is 0.933. The Morgan fingerprint density at radius 2 is 1.94 bits per heavy atom. The summed E-state index contributed by atoms with van der Waals surface area (Å²) in [7, 11) is 0. The molecule has 0 aromatic carbocycles. The Bertz CT molecular complexity index is 299. The highest BCUT2D eigenvalue weighted by atomic mass is 16.2. The van der Waals surface area contributed by atoms with Gasteiger partial charge in [0, 0.05) is 24.5 Å². The van der Waals surface area contributed by atoms with Crippen LogP contribution in [0.1, 0.15) is 52.9 Å². The van der Waals surface area contributed by atoms with Gasteiger partial charge in [-0.25, -0.2) is 0 Å². The van der Waals surface area contributed by atoms with Crippen LogP contribution >= 0.6 is 0 Å². The van der Waals surface area contributed by atoms with Crippen LogP contribution in [0.4, 0.5) is 0 Å². The highest BCUT2D eigenvalue weighted by molar-refractivity contribution is 5.80. The van der Waals surface area contributed by atoms with Crippen molar-refractivity contribution in [1.82, 2.24) is 4.90 Å². The number of nitrogens with two attached hydrogens (primary N) is 1. The average molecular weight is 252 g/mol. The number of nitrogens with zero attached hydrogens (tertiary/aromatic N) is 1. The number of likely N-dealkylation sites (tertiary alicyclic amines) is 1. The quantitative estimate of drug-likeness (QED) is 0.820. The van der Waals surface area contributed by atoms with Crippen molar-refractivity contribution in [3.05, 3.63) is 0 Å². The van der Waals surface area contributed by atoms with E-state index in [4.69, 9.17) is 5.73 Å². The van der Waals surface area contributed by atoms with Crippen LogP contribution in [0.2, 0.25) is 0 Å². The van der Waals surface area contributed by atoms with Gasteiger partial charge in [0.2, 0.25) is 5.91 Å². The molecule has 1 amide bonds.